The van der Waals surface area contributed by atoms with E-state index in [4.69, 9.17) is 4.74 Å². The van der Waals surface area contributed by atoms with E-state index < -0.39 is 15.8 Å². The Balaban J connectivity index is 1.52. The molecule has 1 heterocycles. The molecule has 1 saturated heterocycles. The zero-order chi connectivity index (χ0) is 19.4. The van der Waals surface area contributed by atoms with E-state index in [2.05, 4.69) is 0 Å². The Morgan fingerprint density at radius 2 is 1.89 bits per heavy atom. The normalized spacial score (nSPS) is 21.3. The molecule has 6 nitrogen and oxygen atoms in total. The largest absolute Gasteiger partial charge is 0.452 e. The van der Waals surface area contributed by atoms with Crippen molar-refractivity contribution < 1.29 is 22.7 Å². The molecule has 2 aliphatic rings. The Morgan fingerprint density at radius 3 is 2.44 bits per heavy atom. The quantitative estimate of drug-likeness (QED) is 0.390. The van der Waals surface area contributed by atoms with Crippen molar-refractivity contribution in [3.05, 3.63) is 35.9 Å². The fourth-order valence-corrected chi connectivity index (χ4v) is 5.31. The van der Waals surface area contributed by atoms with Gasteiger partial charge >= 0.3 is 5.97 Å². The smallest absolute Gasteiger partial charge is 0.331 e. The molecule has 1 aromatic carbocycles. The third kappa shape index (κ3) is 5.59. The number of thioether (sulfide) groups is 1. The molecule has 1 aliphatic carbocycles. The van der Waals surface area contributed by atoms with E-state index in [0.717, 1.165) is 23.3 Å². The molecule has 0 N–H and O–H groups in total. The SMILES string of the molecule is CSc1ccc(/C=C/C(=O)OCC(=O)N(C2CC2)[C@H]2CCS(=O)(=O)C2)cc1. The topological polar surface area (TPSA) is 80.8 Å². The number of rotatable bonds is 7. The predicted molar refractivity (Wildman–Crippen MR) is 105 cm³/mol. The summed E-state index contributed by atoms with van der Waals surface area (Å²) in [5.41, 5.74) is 0.867. The fourth-order valence-electron chi connectivity index (χ4n) is 3.19. The standard InChI is InChI=1S/C19H23NO5S2/c1-26-17-7-2-14(3-8-17)4-9-19(22)25-12-18(21)20(15-5-6-15)16-10-11-27(23,24)13-16/h2-4,7-9,15-16H,5-6,10-13H2,1H3/b9-4+/t16-/m0/s1. The van der Waals surface area contributed by atoms with Crippen molar-refractivity contribution in [3.8, 4) is 0 Å². The average molecular weight is 410 g/mol. The van der Waals surface area contributed by atoms with Crippen molar-refractivity contribution in [2.24, 2.45) is 0 Å². The van der Waals surface area contributed by atoms with Crippen molar-refractivity contribution in [3.63, 3.8) is 0 Å². The van der Waals surface area contributed by atoms with E-state index >= 15 is 0 Å². The first-order valence-electron chi connectivity index (χ1n) is 8.88. The highest BCUT2D eigenvalue weighted by Crippen LogP contribution is 2.32. The summed E-state index contributed by atoms with van der Waals surface area (Å²) in [6.07, 6.45) is 7.14. The van der Waals surface area contributed by atoms with Crippen molar-refractivity contribution in [2.45, 2.75) is 36.2 Å². The number of esters is 1. The predicted octanol–water partition coefficient (Wildman–Crippen LogP) is 2.14. The summed E-state index contributed by atoms with van der Waals surface area (Å²) in [6.45, 7) is -0.359. The highest BCUT2D eigenvalue weighted by molar-refractivity contribution is 7.98. The summed E-state index contributed by atoms with van der Waals surface area (Å²) in [5.74, 6) is -0.779. The number of hydrogen-bond acceptors (Lipinski definition) is 6. The second-order valence-electron chi connectivity index (χ2n) is 6.80. The van der Waals surface area contributed by atoms with Crippen molar-refractivity contribution in [1.29, 1.82) is 0 Å². The Bertz CT molecular complexity index is 828. The summed E-state index contributed by atoms with van der Waals surface area (Å²) in [6, 6.07) is 7.51. The minimum atomic E-state index is -3.07. The van der Waals surface area contributed by atoms with Gasteiger partial charge in [-0.05, 0) is 49.3 Å². The summed E-state index contributed by atoms with van der Waals surface area (Å²) >= 11 is 1.64. The molecular weight excluding hydrogens is 386 g/mol. The maximum Gasteiger partial charge on any atom is 0.331 e. The zero-order valence-corrected chi connectivity index (χ0v) is 16.8. The molecule has 0 aromatic heterocycles. The van der Waals surface area contributed by atoms with Crippen LogP contribution in [0.15, 0.2) is 35.2 Å². The van der Waals surface area contributed by atoms with E-state index in [9.17, 15) is 18.0 Å². The van der Waals surface area contributed by atoms with Crippen LogP contribution >= 0.6 is 11.8 Å². The summed E-state index contributed by atoms with van der Waals surface area (Å²) in [7, 11) is -3.07. The van der Waals surface area contributed by atoms with Gasteiger partial charge in [0.25, 0.3) is 5.91 Å². The lowest BCUT2D eigenvalue weighted by molar-refractivity contribution is -0.149. The van der Waals surface area contributed by atoms with Gasteiger partial charge < -0.3 is 9.64 Å². The number of carbonyl (C=O) groups is 2. The first kappa shape index (κ1) is 19.9. The molecular formula is C19H23NO5S2. The molecule has 8 heteroatoms. The molecule has 3 rings (SSSR count). The highest BCUT2D eigenvalue weighted by Gasteiger charge is 2.42. The summed E-state index contributed by atoms with van der Waals surface area (Å²) in [4.78, 5) is 27.2. The Hall–Kier alpha value is -1.80. The van der Waals surface area contributed by atoms with Crippen LogP contribution in [0.4, 0.5) is 0 Å². The van der Waals surface area contributed by atoms with Gasteiger partial charge in [-0.1, -0.05) is 12.1 Å². The molecule has 1 atom stereocenters. The van der Waals surface area contributed by atoms with E-state index in [1.165, 1.54) is 6.08 Å². The van der Waals surface area contributed by atoms with E-state index in [0.29, 0.717) is 6.42 Å². The van der Waals surface area contributed by atoms with Crippen LogP contribution in [0.5, 0.6) is 0 Å². The maximum absolute atomic E-state index is 12.5. The molecule has 27 heavy (non-hydrogen) atoms. The molecule has 0 unspecified atom stereocenters. The van der Waals surface area contributed by atoms with Crippen LogP contribution in [-0.2, 0) is 24.2 Å². The molecule has 1 amide bonds. The molecule has 0 spiro atoms. The van der Waals surface area contributed by atoms with E-state index in [1.54, 1.807) is 22.7 Å². The van der Waals surface area contributed by atoms with Gasteiger partial charge in [-0.25, -0.2) is 13.2 Å². The molecule has 1 saturated carbocycles. The van der Waals surface area contributed by atoms with Gasteiger partial charge in [0.05, 0.1) is 11.5 Å². The van der Waals surface area contributed by atoms with Crippen LogP contribution in [0, 0.1) is 0 Å². The first-order chi connectivity index (χ1) is 12.9. The van der Waals surface area contributed by atoms with Gasteiger partial charge in [0.2, 0.25) is 0 Å². The second kappa shape index (κ2) is 8.48. The number of benzene rings is 1. The van der Waals surface area contributed by atoms with Crippen molar-refractivity contribution in [1.82, 2.24) is 4.90 Å². The number of amides is 1. The lowest BCUT2D eigenvalue weighted by Gasteiger charge is -2.28. The molecule has 146 valence electrons. The third-order valence-corrected chi connectivity index (χ3v) is 7.19. The number of ether oxygens (including phenoxy) is 1. The second-order valence-corrected chi connectivity index (χ2v) is 9.91. The molecule has 2 fully saturated rings. The summed E-state index contributed by atoms with van der Waals surface area (Å²) < 4.78 is 28.5. The van der Waals surface area contributed by atoms with Crippen LogP contribution in [0.1, 0.15) is 24.8 Å². The Labute approximate surface area is 163 Å². The minimum absolute atomic E-state index is 0.00906. The third-order valence-electron chi connectivity index (χ3n) is 4.70. The van der Waals surface area contributed by atoms with Crippen LogP contribution < -0.4 is 0 Å². The lowest BCUT2D eigenvalue weighted by atomic mass is 10.2. The Morgan fingerprint density at radius 1 is 1.19 bits per heavy atom. The molecule has 0 radical (unpaired) electrons. The fraction of sp³-hybridized carbons (Fsp3) is 0.474. The van der Waals surface area contributed by atoms with Gasteiger partial charge in [0, 0.05) is 23.1 Å². The van der Waals surface area contributed by atoms with Crippen LogP contribution in [0.2, 0.25) is 0 Å². The minimum Gasteiger partial charge on any atom is -0.452 e. The summed E-state index contributed by atoms with van der Waals surface area (Å²) in [5, 5.41) is 0. The van der Waals surface area contributed by atoms with E-state index in [1.807, 2.05) is 30.5 Å². The molecule has 1 aliphatic heterocycles. The van der Waals surface area contributed by atoms with Gasteiger partial charge in [-0.3, -0.25) is 4.79 Å². The van der Waals surface area contributed by atoms with Gasteiger partial charge in [-0.2, -0.15) is 0 Å². The van der Waals surface area contributed by atoms with Crippen molar-refractivity contribution >= 4 is 39.6 Å². The lowest BCUT2D eigenvalue weighted by Crippen LogP contribution is -2.44. The van der Waals surface area contributed by atoms with Gasteiger partial charge in [0.15, 0.2) is 16.4 Å². The van der Waals surface area contributed by atoms with Crippen LogP contribution in [0.25, 0.3) is 6.08 Å². The van der Waals surface area contributed by atoms with Gasteiger partial charge in [0.1, 0.15) is 0 Å². The monoisotopic (exact) mass is 409 g/mol. The zero-order valence-electron chi connectivity index (χ0n) is 15.2. The molecule has 1 aromatic rings. The molecule has 0 bridgehead atoms. The number of carbonyl (C=O) groups excluding carboxylic acids is 2. The average Bonchev–Trinajstić information content (AvgIpc) is 3.41. The number of hydrogen-bond donors (Lipinski definition) is 0. The van der Waals surface area contributed by atoms with Crippen LogP contribution in [-0.4, -0.2) is 61.6 Å². The van der Waals surface area contributed by atoms with Gasteiger partial charge in [-0.15, -0.1) is 11.8 Å². The first-order valence-corrected chi connectivity index (χ1v) is 11.9. The number of sulfone groups is 1. The highest BCUT2D eigenvalue weighted by atomic mass is 32.2. The Kier molecular flexibility index (Phi) is 6.26. The van der Waals surface area contributed by atoms with E-state index in [-0.39, 0.29) is 36.1 Å². The van der Waals surface area contributed by atoms with Crippen molar-refractivity contribution in [2.75, 3.05) is 24.4 Å². The van der Waals surface area contributed by atoms with Crippen LogP contribution in [0.3, 0.4) is 0 Å². The number of nitrogens with zero attached hydrogens (tertiary/aromatic N) is 1. The maximum atomic E-state index is 12.5.